The number of nitrogens with one attached hydrogen (secondary N) is 1. The quantitative estimate of drug-likeness (QED) is 0.491. The Balaban J connectivity index is 1.81. The van der Waals surface area contributed by atoms with Crippen molar-refractivity contribution in [3.05, 3.63) is 46.8 Å². The fourth-order valence-corrected chi connectivity index (χ4v) is 2.79. The number of aromatic nitrogens is 2. The summed E-state index contributed by atoms with van der Waals surface area (Å²) in [5.74, 6) is 2.74. The fraction of sp³-hybridized carbons (Fsp3) is 0.286. The minimum atomic E-state index is 0.831. The van der Waals surface area contributed by atoms with Gasteiger partial charge in [0.15, 0.2) is 0 Å². The molecule has 0 atom stereocenters. The van der Waals surface area contributed by atoms with Gasteiger partial charge in [0.05, 0.1) is 0 Å². The van der Waals surface area contributed by atoms with E-state index in [9.17, 15) is 0 Å². The van der Waals surface area contributed by atoms with Gasteiger partial charge >= 0.3 is 0 Å². The van der Waals surface area contributed by atoms with Crippen molar-refractivity contribution in [3.63, 3.8) is 0 Å². The molecule has 1 heterocycles. The third kappa shape index (κ3) is 4.84. The molecule has 3 nitrogen and oxygen atoms in total. The summed E-state index contributed by atoms with van der Waals surface area (Å²) in [6, 6.07) is 12.3. The summed E-state index contributed by atoms with van der Waals surface area (Å²) in [5.41, 5.74) is 0. The molecule has 5 heteroatoms. The molecule has 0 fully saturated rings. The first-order chi connectivity index (χ1) is 9.28. The second kappa shape index (κ2) is 7.50. The lowest BCUT2D eigenvalue weighted by Gasteiger charge is -2.07. The fourth-order valence-electron chi connectivity index (χ4n) is 1.58. The maximum absolute atomic E-state index is 4.44. The minimum Gasteiger partial charge on any atom is -0.369 e. The van der Waals surface area contributed by atoms with Crippen LogP contribution in [-0.4, -0.2) is 22.3 Å². The molecular weight excluding hydrogens is 322 g/mol. The van der Waals surface area contributed by atoms with Gasteiger partial charge in [-0.25, -0.2) is 9.97 Å². The average molecular weight is 338 g/mol. The normalized spacial score (nSPS) is 10.4. The lowest BCUT2D eigenvalue weighted by atomic mass is 10.4. The van der Waals surface area contributed by atoms with Gasteiger partial charge in [-0.2, -0.15) is 0 Å². The Morgan fingerprint density at radius 2 is 2.00 bits per heavy atom. The zero-order valence-electron chi connectivity index (χ0n) is 10.8. The lowest BCUT2D eigenvalue weighted by molar-refractivity contribution is 0.925. The number of thioether (sulfide) groups is 1. The maximum Gasteiger partial charge on any atom is 0.131 e. The molecular formula is C14H16BrN3S. The summed E-state index contributed by atoms with van der Waals surface area (Å²) in [7, 11) is 0. The first-order valence-electron chi connectivity index (χ1n) is 6.23. The topological polar surface area (TPSA) is 37.8 Å². The number of benzene rings is 1. The third-order valence-electron chi connectivity index (χ3n) is 2.48. The van der Waals surface area contributed by atoms with Gasteiger partial charge < -0.3 is 5.32 Å². The molecule has 0 saturated heterocycles. The molecule has 100 valence electrons. The number of nitrogens with zero attached hydrogens (tertiary/aromatic N) is 2. The van der Waals surface area contributed by atoms with Gasteiger partial charge in [0.2, 0.25) is 0 Å². The molecule has 0 aliphatic heterocycles. The van der Waals surface area contributed by atoms with E-state index in [-0.39, 0.29) is 0 Å². The van der Waals surface area contributed by atoms with Crippen LogP contribution in [0.5, 0.6) is 0 Å². The Hall–Kier alpha value is -1.07. The molecule has 0 aliphatic carbocycles. The van der Waals surface area contributed by atoms with Crippen molar-refractivity contribution in [3.8, 4) is 0 Å². The van der Waals surface area contributed by atoms with Crippen molar-refractivity contribution < 1.29 is 0 Å². The van der Waals surface area contributed by atoms with Gasteiger partial charge in [-0.05, 0) is 28.1 Å². The smallest absolute Gasteiger partial charge is 0.131 e. The molecule has 0 bridgehead atoms. The van der Waals surface area contributed by atoms with Crippen molar-refractivity contribution in [1.82, 2.24) is 9.97 Å². The predicted octanol–water partition coefficient (Wildman–Crippen LogP) is 4.01. The highest BCUT2D eigenvalue weighted by Gasteiger charge is 2.01. The van der Waals surface area contributed by atoms with E-state index >= 15 is 0 Å². The summed E-state index contributed by atoms with van der Waals surface area (Å²) >= 11 is 5.24. The number of rotatable bonds is 6. The van der Waals surface area contributed by atoms with Crippen molar-refractivity contribution in [1.29, 1.82) is 0 Å². The summed E-state index contributed by atoms with van der Waals surface area (Å²) in [6.07, 6.45) is 0.840. The number of hydrogen-bond acceptors (Lipinski definition) is 4. The van der Waals surface area contributed by atoms with Gasteiger partial charge in [-0.3, -0.25) is 0 Å². The maximum atomic E-state index is 4.44. The van der Waals surface area contributed by atoms with Crippen LogP contribution >= 0.6 is 27.7 Å². The second-order valence-electron chi connectivity index (χ2n) is 3.93. The number of halogens is 1. The van der Waals surface area contributed by atoms with Crippen LogP contribution < -0.4 is 5.32 Å². The van der Waals surface area contributed by atoms with E-state index in [2.05, 4.69) is 62.4 Å². The van der Waals surface area contributed by atoms with E-state index in [4.69, 9.17) is 0 Å². The SMILES string of the molecule is CCc1nc(Br)cc(NCCSc2ccccc2)n1. The largest absolute Gasteiger partial charge is 0.369 e. The summed E-state index contributed by atoms with van der Waals surface area (Å²) in [5, 5.41) is 3.33. The van der Waals surface area contributed by atoms with Crippen molar-refractivity contribution >= 4 is 33.5 Å². The van der Waals surface area contributed by atoms with Gasteiger partial charge in [0.25, 0.3) is 0 Å². The van der Waals surface area contributed by atoms with Gasteiger partial charge in [-0.1, -0.05) is 25.1 Å². The second-order valence-corrected chi connectivity index (χ2v) is 5.91. The molecule has 0 unspecified atom stereocenters. The Kier molecular flexibility index (Phi) is 5.66. The highest BCUT2D eigenvalue weighted by atomic mass is 79.9. The third-order valence-corrected chi connectivity index (χ3v) is 3.90. The van der Waals surface area contributed by atoms with Crippen LogP contribution in [0.1, 0.15) is 12.7 Å². The van der Waals surface area contributed by atoms with Crippen LogP contribution in [0.4, 0.5) is 5.82 Å². The van der Waals surface area contributed by atoms with E-state index in [1.165, 1.54) is 4.90 Å². The molecule has 2 rings (SSSR count). The first kappa shape index (κ1) is 14.3. The molecule has 0 radical (unpaired) electrons. The minimum absolute atomic E-state index is 0.831. The van der Waals surface area contributed by atoms with E-state index in [1.807, 2.05) is 23.9 Å². The molecule has 0 spiro atoms. The molecule has 0 amide bonds. The van der Waals surface area contributed by atoms with Crippen molar-refractivity contribution in [2.45, 2.75) is 18.2 Å². The summed E-state index contributed by atoms with van der Waals surface area (Å²) < 4.78 is 0.831. The average Bonchev–Trinajstić information content (AvgIpc) is 2.44. The zero-order chi connectivity index (χ0) is 13.5. The van der Waals surface area contributed by atoms with Crippen LogP contribution in [0.15, 0.2) is 45.9 Å². The molecule has 0 aliphatic rings. The highest BCUT2D eigenvalue weighted by molar-refractivity contribution is 9.10. The Labute approximate surface area is 126 Å². The molecule has 1 aromatic carbocycles. The highest BCUT2D eigenvalue weighted by Crippen LogP contribution is 2.17. The summed E-state index contributed by atoms with van der Waals surface area (Å²) in [6.45, 7) is 2.93. The summed E-state index contributed by atoms with van der Waals surface area (Å²) in [4.78, 5) is 10.0. The van der Waals surface area contributed by atoms with Gasteiger partial charge in [-0.15, -0.1) is 11.8 Å². The molecule has 19 heavy (non-hydrogen) atoms. The van der Waals surface area contributed by atoms with E-state index in [0.717, 1.165) is 35.0 Å². The van der Waals surface area contributed by atoms with E-state index in [0.29, 0.717) is 0 Å². The van der Waals surface area contributed by atoms with Crippen LogP contribution in [0.3, 0.4) is 0 Å². The van der Waals surface area contributed by atoms with E-state index < -0.39 is 0 Å². The Morgan fingerprint density at radius 3 is 2.74 bits per heavy atom. The molecule has 1 aromatic heterocycles. The van der Waals surface area contributed by atoms with Crippen molar-refractivity contribution in [2.75, 3.05) is 17.6 Å². The number of hydrogen-bond donors (Lipinski definition) is 1. The standard InChI is InChI=1S/C14H16BrN3S/c1-2-13-17-12(15)10-14(18-13)16-8-9-19-11-6-4-3-5-7-11/h3-7,10H,2,8-9H2,1H3,(H,16,17,18). The first-order valence-corrected chi connectivity index (χ1v) is 8.01. The number of anilines is 1. The lowest BCUT2D eigenvalue weighted by Crippen LogP contribution is -2.07. The Bertz CT molecular complexity index is 519. The van der Waals surface area contributed by atoms with Crippen LogP contribution in [0.2, 0.25) is 0 Å². The zero-order valence-corrected chi connectivity index (χ0v) is 13.2. The van der Waals surface area contributed by atoms with Gasteiger partial charge in [0.1, 0.15) is 16.2 Å². The number of aryl methyl sites for hydroxylation is 1. The van der Waals surface area contributed by atoms with Crippen molar-refractivity contribution in [2.24, 2.45) is 0 Å². The van der Waals surface area contributed by atoms with Gasteiger partial charge in [0, 0.05) is 29.7 Å². The molecule has 1 N–H and O–H groups in total. The van der Waals surface area contributed by atoms with Crippen LogP contribution in [-0.2, 0) is 6.42 Å². The van der Waals surface area contributed by atoms with Crippen LogP contribution in [0.25, 0.3) is 0 Å². The predicted molar refractivity (Wildman–Crippen MR) is 84.8 cm³/mol. The van der Waals surface area contributed by atoms with Crippen LogP contribution in [0, 0.1) is 0 Å². The monoisotopic (exact) mass is 337 g/mol. The molecule has 0 saturated carbocycles. The Morgan fingerprint density at radius 1 is 1.21 bits per heavy atom. The van der Waals surface area contributed by atoms with E-state index in [1.54, 1.807) is 0 Å². The molecule has 2 aromatic rings.